The van der Waals surface area contributed by atoms with Crippen molar-refractivity contribution in [3.63, 3.8) is 0 Å². The second-order valence-corrected chi connectivity index (χ2v) is 4.25. The molecular weight excluding hydrogens is 186 g/mol. The summed E-state index contributed by atoms with van der Waals surface area (Å²) in [6.45, 7) is 11.7. The zero-order chi connectivity index (χ0) is 11.5. The van der Waals surface area contributed by atoms with Crippen molar-refractivity contribution in [2.45, 2.75) is 59.4 Å². The third-order valence-electron chi connectivity index (χ3n) is 2.93. The van der Waals surface area contributed by atoms with E-state index in [0.29, 0.717) is 6.04 Å². The van der Waals surface area contributed by atoms with Gasteiger partial charge in [0, 0.05) is 12.6 Å². The normalized spacial score (nSPS) is 13.4. The summed E-state index contributed by atoms with van der Waals surface area (Å²) in [5.41, 5.74) is 0. The van der Waals surface area contributed by atoms with Crippen LogP contribution in [0.2, 0.25) is 0 Å². The number of nitrogens with one attached hydrogen (secondary N) is 1. The predicted molar refractivity (Wildman–Crippen MR) is 67.3 cm³/mol. The van der Waals surface area contributed by atoms with E-state index < -0.39 is 0 Å². The maximum Gasteiger partial charge on any atom is 0.0619 e. The molecule has 0 heterocycles. The van der Waals surface area contributed by atoms with Crippen molar-refractivity contribution in [1.29, 1.82) is 0 Å². The topological polar surface area (TPSA) is 21.3 Å². The summed E-state index contributed by atoms with van der Waals surface area (Å²) in [5.74, 6) is 0.847. The van der Waals surface area contributed by atoms with Crippen LogP contribution in [0.3, 0.4) is 0 Å². The molecule has 0 aromatic heterocycles. The molecule has 2 nitrogen and oxygen atoms in total. The summed E-state index contributed by atoms with van der Waals surface area (Å²) in [6.07, 6.45) is 4.94. The van der Waals surface area contributed by atoms with Crippen molar-refractivity contribution in [2.24, 2.45) is 5.92 Å². The minimum atomic E-state index is 0.548. The third kappa shape index (κ3) is 7.80. The lowest BCUT2D eigenvalue weighted by atomic mass is 9.95. The summed E-state index contributed by atoms with van der Waals surface area (Å²) in [7, 11) is 0. The lowest BCUT2D eigenvalue weighted by Crippen LogP contribution is -2.35. The van der Waals surface area contributed by atoms with Gasteiger partial charge in [0.1, 0.15) is 0 Å². The molecule has 0 aromatic carbocycles. The van der Waals surface area contributed by atoms with Crippen molar-refractivity contribution in [3.05, 3.63) is 0 Å². The fourth-order valence-electron chi connectivity index (χ4n) is 1.89. The molecule has 0 saturated carbocycles. The standard InChI is InChI=1S/C13H29NO/c1-5-9-15-11-13(14-8-4)10-12(6-2)7-3/h12-14H,5-11H2,1-4H3. The molecule has 1 unspecified atom stereocenters. The summed E-state index contributed by atoms with van der Waals surface area (Å²) >= 11 is 0. The quantitative estimate of drug-likeness (QED) is 0.565. The van der Waals surface area contributed by atoms with Gasteiger partial charge in [0.05, 0.1) is 6.61 Å². The Bertz CT molecular complexity index is 124. The molecule has 0 rings (SSSR count). The molecule has 0 bridgehead atoms. The van der Waals surface area contributed by atoms with E-state index in [1.165, 1.54) is 19.3 Å². The predicted octanol–water partition coefficient (Wildman–Crippen LogP) is 3.22. The van der Waals surface area contributed by atoms with Crippen LogP contribution in [0.4, 0.5) is 0 Å². The minimum Gasteiger partial charge on any atom is -0.380 e. The summed E-state index contributed by atoms with van der Waals surface area (Å²) in [5, 5.41) is 3.52. The van der Waals surface area contributed by atoms with Gasteiger partial charge in [-0.05, 0) is 25.3 Å². The van der Waals surface area contributed by atoms with E-state index in [1.807, 2.05) is 0 Å². The van der Waals surface area contributed by atoms with E-state index in [0.717, 1.165) is 32.1 Å². The molecule has 0 radical (unpaired) electrons. The Hall–Kier alpha value is -0.0800. The minimum absolute atomic E-state index is 0.548. The molecule has 2 heteroatoms. The van der Waals surface area contributed by atoms with Crippen molar-refractivity contribution in [2.75, 3.05) is 19.8 Å². The molecule has 15 heavy (non-hydrogen) atoms. The van der Waals surface area contributed by atoms with E-state index in [-0.39, 0.29) is 0 Å². The Morgan fingerprint density at radius 2 is 1.73 bits per heavy atom. The van der Waals surface area contributed by atoms with Crippen LogP contribution in [0, 0.1) is 5.92 Å². The van der Waals surface area contributed by atoms with Crippen LogP contribution < -0.4 is 5.32 Å². The Morgan fingerprint density at radius 1 is 1.07 bits per heavy atom. The van der Waals surface area contributed by atoms with Gasteiger partial charge in [-0.2, -0.15) is 0 Å². The lowest BCUT2D eigenvalue weighted by Gasteiger charge is -2.22. The average molecular weight is 215 g/mol. The first-order valence-electron chi connectivity index (χ1n) is 6.59. The van der Waals surface area contributed by atoms with Gasteiger partial charge in [-0.3, -0.25) is 0 Å². The van der Waals surface area contributed by atoms with E-state index >= 15 is 0 Å². The fraction of sp³-hybridized carbons (Fsp3) is 1.00. The number of ether oxygens (including phenoxy) is 1. The fourth-order valence-corrected chi connectivity index (χ4v) is 1.89. The highest BCUT2D eigenvalue weighted by atomic mass is 16.5. The summed E-state index contributed by atoms with van der Waals surface area (Å²) in [4.78, 5) is 0. The number of hydrogen-bond donors (Lipinski definition) is 1. The van der Waals surface area contributed by atoms with Gasteiger partial charge in [0.25, 0.3) is 0 Å². The number of rotatable bonds is 10. The summed E-state index contributed by atoms with van der Waals surface area (Å²) in [6, 6.07) is 0.548. The van der Waals surface area contributed by atoms with Crippen LogP contribution in [-0.4, -0.2) is 25.8 Å². The van der Waals surface area contributed by atoms with Crippen LogP contribution >= 0.6 is 0 Å². The third-order valence-corrected chi connectivity index (χ3v) is 2.93. The maximum atomic E-state index is 5.62. The van der Waals surface area contributed by atoms with Crippen LogP contribution in [0.25, 0.3) is 0 Å². The maximum absolute atomic E-state index is 5.62. The molecule has 0 aliphatic carbocycles. The molecule has 0 amide bonds. The van der Waals surface area contributed by atoms with E-state index in [2.05, 4.69) is 33.0 Å². The van der Waals surface area contributed by atoms with Crippen molar-refractivity contribution in [3.8, 4) is 0 Å². The zero-order valence-corrected chi connectivity index (χ0v) is 11.0. The van der Waals surface area contributed by atoms with Gasteiger partial charge in [0.15, 0.2) is 0 Å². The van der Waals surface area contributed by atoms with E-state index in [1.54, 1.807) is 0 Å². The van der Waals surface area contributed by atoms with Crippen LogP contribution in [0.1, 0.15) is 53.4 Å². The zero-order valence-electron chi connectivity index (χ0n) is 11.0. The Labute approximate surface area is 95.8 Å². The second-order valence-electron chi connectivity index (χ2n) is 4.25. The first-order chi connectivity index (χ1) is 7.28. The Balaban J connectivity index is 3.79. The van der Waals surface area contributed by atoms with Gasteiger partial charge in [0.2, 0.25) is 0 Å². The molecule has 0 aromatic rings. The molecular formula is C13H29NO. The van der Waals surface area contributed by atoms with Crippen LogP contribution in [0.5, 0.6) is 0 Å². The van der Waals surface area contributed by atoms with Crippen LogP contribution in [0.15, 0.2) is 0 Å². The smallest absolute Gasteiger partial charge is 0.0619 e. The SMILES string of the molecule is CCCOCC(CC(CC)CC)NCC. The summed E-state index contributed by atoms with van der Waals surface area (Å²) < 4.78 is 5.62. The molecule has 1 atom stereocenters. The monoisotopic (exact) mass is 215 g/mol. The molecule has 0 aliphatic heterocycles. The largest absolute Gasteiger partial charge is 0.380 e. The van der Waals surface area contributed by atoms with Gasteiger partial charge in [-0.15, -0.1) is 0 Å². The first-order valence-corrected chi connectivity index (χ1v) is 6.59. The highest BCUT2D eigenvalue weighted by Crippen LogP contribution is 2.15. The average Bonchev–Trinajstić information content (AvgIpc) is 2.26. The number of hydrogen-bond acceptors (Lipinski definition) is 2. The van der Waals surface area contributed by atoms with Gasteiger partial charge in [-0.25, -0.2) is 0 Å². The lowest BCUT2D eigenvalue weighted by molar-refractivity contribution is 0.104. The second kappa shape index (κ2) is 10.4. The Kier molecular flexibility index (Phi) is 10.4. The van der Waals surface area contributed by atoms with Gasteiger partial charge < -0.3 is 10.1 Å². The van der Waals surface area contributed by atoms with Crippen molar-refractivity contribution >= 4 is 0 Å². The molecule has 0 spiro atoms. The van der Waals surface area contributed by atoms with Crippen molar-refractivity contribution < 1.29 is 4.74 Å². The number of likely N-dealkylation sites (N-methyl/N-ethyl adjacent to an activating group) is 1. The van der Waals surface area contributed by atoms with Crippen molar-refractivity contribution in [1.82, 2.24) is 5.32 Å². The molecule has 0 saturated heterocycles. The molecule has 1 N–H and O–H groups in total. The Morgan fingerprint density at radius 3 is 2.20 bits per heavy atom. The highest BCUT2D eigenvalue weighted by Gasteiger charge is 2.13. The molecule has 92 valence electrons. The van der Waals surface area contributed by atoms with Gasteiger partial charge >= 0.3 is 0 Å². The van der Waals surface area contributed by atoms with Crippen LogP contribution in [-0.2, 0) is 4.74 Å². The molecule has 0 aliphatic rings. The molecule has 0 fully saturated rings. The van der Waals surface area contributed by atoms with E-state index in [9.17, 15) is 0 Å². The van der Waals surface area contributed by atoms with E-state index in [4.69, 9.17) is 4.74 Å². The highest BCUT2D eigenvalue weighted by molar-refractivity contribution is 4.70. The van der Waals surface area contributed by atoms with Gasteiger partial charge in [-0.1, -0.05) is 40.5 Å². The first kappa shape index (κ1) is 14.9.